The van der Waals surface area contributed by atoms with Crippen molar-refractivity contribution in [2.24, 2.45) is 11.8 Å². The topological polar surface area (TPSA) is 50.1 Å². The van der Waals surface area contributed by atoms with Gasteiger partial charge in [-0.25, -0.2) is 0 Å². The van der Waals surface area contributed by atoms with Crippen LogP contribution in [0.25, 0.3) is 0 Å². The molecule has 0 bridgehead atoms. The van der Waals surface area contributed by atoms with Gasteiger partial charge < -0.3 is 4.74 Å². The van der Waals surface area contributed by atoms with Crippen LogP contribution in [0.4, 0.5) is 4.39 Å². The maximum absolute atomic E-state index is 13.1. The number of nitriles is 1. The summed E-state index contributed by atoms with van der Waals surface area (Å²) in [6.07, 6.45) is 14.7. The minimum atomic E-state index is -0.705. The minimum absolute atomic E-state index is 0.0118. The molecule has 1 aromatic rings. The van der Waals surface area contributed by atoms with Crippen molar-refractivity contribution in [2.75, 3.05) is 0 Å². The Morgan fingerprint density at radius 2 is 1.72 bits per heavy atom. The van der Waals surface area contributed by atoms with Crippen molar-refractivity contribution in [3.05, 3.63) is 47.3 Å². The maximum Gasteiger partial charge on any atom is 0.309 e. The van der Waals surface area contributed by atoms with E-state index in [0.29, 0.717) is 5.92 Å². The first kappa shape index (κ1) is 24.5. The summed E-state index contributed by atoms with van der Waals surface area (Å²) in [7, 11) is 0. The van der Waals surface area contributed by atoms with Crippen LogP contribution < -0.4 is 0 Å². The molecule has 174 valence electrons. The average Bonchev–Trinajstić information content (AvgIpc) is 2.83. The third-order valence-corrected chi connectivity index (χ3v) is 7.32. The molecule has 0 radical (unpaired) electrons. The van der Waals surface area contributed by atoms with Gasteiger partial charge in [0.2, 0.25) is 0 Å². The number of nitrogens with zero attached hydrogens (tertiary/aromatic N) is 1. The Bertz CT molecular complexity index is 779. The van der Waals surface area contributed by atoms with Gasteiger partial charge in [0.05, 0.1) is 5.92 Å². The Morgan fingerprint density at radius 1 is 1.03 bits per heavy atom. The Balaban J connectivity index is 1.38. The van der Waals surface area contributed by atoms with Crippen LogP contribution in [0.3, 0.4) is 0 Å². The lowest BCUT2D eigenvalue weighted by atomic mass is 9.78. The quantitative estimate of drug-likeness (QED) is 0.226. The lowest BCUT2D eigenvalue weighted by Gasteiger charge is -2.31. The van der Waals surface area contributed by atoms with E-state index < -0.39 is 5.83 Å². The van der Waals surface area contributed by atoms with Gasteiger partial charge in [0, 0.05) is 0 Å². The number of unbranched alkanes of at least 4 members (excludes halogenated alkanes) is 3. The molecule has 2 aliphatic rings. The summed E-state index contributed by atoms with van der Waals surface area (Å²) in [4.78, 5) is 12.7. The first-order valence-corrected chi connectivity index (χ1v) is 12.7. The molecule has 2 fully saturated rings. The van der Waals surface area contributed by atoms with Gasteiger partial charge >= 0.3 is 5.97 Å². The van der Waals surface area contributed by atoms with E-state index >= 15 is 0 Å². The summed E-state index contributed by atoms with van der Waals surface area (Å²) in [5.74, 6) is -0.108. The van der Waals surface area contributed by atoms with Gasteiger partial charge in [-0.05, 0) is 93.2 Å². The van der Waals surface area contributed by atoms with Crippen molar-refractivity contribution in [1.82, 2.24) is 0 Å². The number of hydrogen-bond donors (Lipinski definition) is 0. The molecule has 0 unspecified atom stereocenters. The smallest absolute Gasteiger partial charge is 0.309 e. The predicted octanol–water partition coefficient (Wildman–Crippen LogP) is 7.56. The lowest BCUT2D eigenvalue weighted by molar-refractivity contribution is -0.157. The van der Waals surface area contributed by atoms with E-state index in [0.717, 1.165) is 51.4 Å². The molecule has 0 heterocycles. The van der Waals surface area contributed by atoms with Crippen LogP contribution in [0.1, 0.15) is 101 Å². The van der Waals surface area contributed by atoms with Crippen LogP contribution >= 0.6 is 0 Å². The second kappa shape index (κ2) is 12.8. The van der Waals surface area contributed by atoms with Gasteiger partial charge in [0.15, 0.2) is 5.83 Å². The van der Waals surface area contributed by atoms with Gasteiger partial charge in [0.1, 0.15) is 12.2 Å². The van der Waals surface area contributed by atoms with Crippen molar-refractivity contribution < 1.29 is 13.9 Å². The van der Waals surface area contributed by atoms with Crippen LogP contribution in [0, 0.1) is 23.2 Å². The molecular formula is C28H38FNO2. The van der Waals surface area contributed by atoms with E-state index in [2.05, 4.69) is 31.2 Å². The van der Waals surface area contributed by atoms with Gasteiger partial charge in [-0.2, -0.15) is 9.65 Å². The van der Waals surface area contributed by atoms with Crippen molar-refractivity contribution in [2.45, 2.75) is 102 Å². The van der Waals surface area contributed by atoms with Crippen LogP contribution in [0.15, 0.2) is 36.2 Å². The molecular weight excluding hydrogens is 401 g/mol. The van der Waals surface area contributed by atoms with Crippen molar-refractivity contribution in [3.8, 4) is 6.07 Å². The molecule has 0 spiro atoms. The van der Waals surface area contributed by atoms with Gasteiger partial charge in [0.25, 0.3) is 0 Å². The summed E-state index contributed by atoms with van der Waals surface area (Å²) in [5, 5.41) is 8.57. The normalized spacial score (nSPS) is 26.3. The third-order valence-electron chi connectivity index (χ3n) is 7.32. The molecule has 3 nitrogen and oxygen atoms in total. The maximum atomic E-state index is 13.1. The number of hydrogen-bond acceptors (Lipinski definition) is 3. The molecule has 32 heavy (non-hydrogen) atoms. The zero-order chi connectivity index (χ0) is 22.8. The fourth-order valence-corrected chi connectivity index (χ4v) is 5.25. The van der Waals surface area contributed by atoms with Crippen LogP contribution in [0.5, 0.6) is 0 Å². The van der Waals surface area contributed by atoms with E-state index in [4.69, 9.17) is 10.00 Å². The van der Waals surface area contributed by atoms with Gasteiger partial charge in [-0.15, -0.1) is 0 Å². The number of rotatable bonds is 9. The molecule has 0 saturated heterocycles. The van der Waals surface area contributed by atoms with E-state index in [1.807, 2.05) is 0 Å². The predicted molar refractivity (Wildman–Crippen MR) is 126 cm³/mol. The molecule has 4 heteroatoms. The molecule has 2 saturated carbocycles. The highest BCUT2D eigenvalue weighted by molar-refractivity contribution is 5.72. The standard InChI is InChI=1S/C28H38FNO2/c1-2-3-4-5-6-21-7-11-23(12-8-21)24-13-15-25(16-14-24)28(31)32-27-17-9-22(10-18-27)19-26(29)20-30/h7-8,11-12,19,22,24-25,27H,2-6,9-10,13-18H2,1H3/b26-19+. The largest absolute Gasteiger partial charge is 0.462 e. The molecule has 2 aliphatic carbocycles. The molecule has 0 atom stereocenters. The fraction of sp³-hybridized carbons (Fsp3) is 0.643. The number of carbonyl (C=O) groups excluding carboxylic acids is 1. The first-order valence-electron chi connectivity index (χ1n) is 12.7. The third kappa shape index (κ3) is 7.47. The second-order valence-electron chi connectivity index (χ2n) is 9.70. The molecule has 0 aliphatic heterocycles. The summed E-state index contributed by atoms with van der Waals surface area (Å²) >= 11 is 0. The number of halogens is 1. The summed E-state index contributed by atoms with van der Waals surface area (Å²) in [6, 6.07) is 10.7. The number of aryl methyl sites for hydroxylation is 1. The van der Waals surface area contributed by atoms with E-state index in [1.54, 1.807) is 0 Å². The molecule has 0 aromatic heterocycles. The number of carbonyl (C=O) groups is 1. The summed E-state index contributed by atoms with van der Waals surface area (Å²) < 4.78 is 18.9. The van der Waals surface area contributed by atoms with Crippen molar-refractivity contribution in [1.29, 1.82) is 5.26 Å². The SMILES string of the molecule is CCCCCCc1ccc(C2CCC(C(=O)OC3CCC(/C=C(/F)C#N)CC3)CC2)cc1. The van der Waals surface area contributed by atoms with E-state index in [9.17, 15) is 9.18 Å². The highest BCUT2D eigenvalue weighted by Crippen LogP contribution is 2.37. The monoisotopic (exact) mass is 439 g/mol. The number of allylic oxidation sites excluding steroid dienone is 2. The first-order chi connectivity index (χ1) is 15.6. The van der Waals surface area contributed by atoms with Crippen LogP contribution in [-0.2, 0) is 16.0 Å². The molecule has 1 aromatic carbocycles. The number of ether oxygens (including phenoxy) is 1. The Morgan fingerprint density at radius 3 is 2.34 bits per heavy atom. The Hall–Kier alpha value is -2.15. The Kier molecular flexibility index (Phi) is 9.78. The highest BCUT2D eigenvalue weighted by Gasteiger charge is 2.31. The van der Waals surface area contributed by atoms with Gasteiger partial charge in [-0.1, -0.05) is 50.5 Å². The van der Waals surface area contributed by atoms with Crippen LogP contribution in [-0.4, -0.2) is 12.1 Å². The minimum Gasteiger partial charge on any atom is -0.462 e. The van der Waals surface area contributed by atoms with E-state index in [-0.39, 0.29) is 23.9 Å². The fourth-order valence-electron chi connectivity index (χ4n) is 5.25. The zero-order valence-electron chi connectivity index (χ0n) is 19.5. The van der Waals surface area contributed by atoms with Crippen LogP contribution in [0.2, 0.25) is 0 Å². The lowest BCUT2D eigenvalue weighted by Crippen LogP contribution is -2.29. The second-order valence-corrected chi connectivity index (χ2v) is 9.70. The number of esters is 1. The van der Waals surface area contributed by atoms with Crippen molar-refractivity contribution >= 4 is 5.97 Å². The zero-order valence-corrected chi connectivity index (χ0v) is 19.5. The summed E-state index contributed by atoms with van der Waals surface area (Å²) in [6.45, 7) is 2.24. The molecule has 0 amide bonds. The van der Waals surface area contributed by atoms with Gasteiger partial charge in [-0.3, -0.25) is 4.79 Å². The Labute approximate surface area is 193 Å². The molecule has 0 N–H and O–H groups in total. The molecule has 3 rings (SSSR count). The highest BCUT2D eigenvalue weighted by atomic mass is 19.1. The van der Waals surface area contributed by atoms with Crippen molar-refractivity contribution in [3.63, 3.8) is 0 Å². The summed E-state index contributed by atoms with van der Waals surface area (Å²) in [5.41, 5.74) is 2.84. The number of benzene rings is 1. The van der Waals surface area contributed by atoms with E-state index in [1.165, 1.54) is 55.4 Å². The average molecular weight is 440 g/mol.